The van der Waals surface area contributed by atoms with Crippen LogP contribution >= 0.6 is 0 Å². The number of hydrogen-bond acceptors (Lipinski definition) is 4. The molecular weight excluding hydrogens is 340 g/mol. The van der Waals surface area contributed by atoms with E-state index in [4.69, 9.17) is 4.74 Å². The van der Waals surface area contributed by atoms with Crippen molar-refractivity contribution in [2.75, 3.05) is 13.2 Å². The molecule has 1 heterocycles. The van der Waals surface area contributed by atoms with Crippen LogP contribution in [-0.4, -0.2) is 40.7 Å². The minimum atomic E-state index is -0.600. The summed E-state index contributed by atoms with van der Waals surface area (Å²) in [5, 5.41) is 14.2. The quantitative estimate of drug-likeness (QED) is 0.559. The summed E-state index contributed by atoms with van der Waals surface area (Å²) in [4.78, 5) is 15.9. The number of benzene rings is 2. The van der Waals surface area contributed by atoms with E-state index in [1.807, 2.05) is 51.2 Å². The van der Waals surface area contributed by atoms with Crippen LogP contribution in [0, 0.1) is 0 Å². The van der Waals surface area contributed by atoms with Crippen LogP contribution in [0.1, 0.15) is 36.7 Å². The van der Waals surface area contributed by atoms with Gasteiger partial charge in [-0.25, -0.2) is 0 Å². The van der Waals surface area contributed by atoms with Crippen molar-refractivity contribution in [2.45, 2.75) is 32.4 Å². The Labute approximate surface area is 159 Å². The number of carbonyl (C=O) groups is 1. The van der Waals surface area contributed by atoms with Crippen LogP contribution in [0.4, 0.5) is 0 Å². The highest BCUT2D eigenvalue weighted by molar-refractivity contribution is 6.16. The van der Waals surface area contributed by atoms with E-state index in [1.54, 1.807) is 24.3 Å². The molecule has 0 radical (unpaired) electrons. The van der Waals surface area contributed by atoms with Crippen molar-refractivity contribution in [3.05, 3.63) is 65.9 Å². The van der Waals surface area contributed by atoms with E-state index < -0.39 is 6.10 Å². The minimum absolute atomic E-state index is 0.0267. The van der Waals surface area contributed by atoms with Crippen molar-refractivity contribution in [2.24, 2.45) is 0 Å². The average molecular weight is 366 g/mol. The number of fused-ring (bicyclic) bond motifs is 1. The van der Waals surface area contributed by atoms with Gasteiger partial charge in [0.05, 0.1) is 0 Å². The van der Waals surface area contributed by atoms with Crippen LogP contribution in [0.15, 0.2) is 54.7 Å². The monoisotopic (exact) mass is 366 g/mol. The van der Waals surface area contributed by atoms with Gasteiger partial charge in [-0.15, -0.1) is 0 Å². The van der Waals surface area contributed by atoms with E-state index >= 15 is 0 Å². The highest BCUT2D eigenvalue weighted by atomic mass is 16.5. The van der Waals surface area contributed by atoms with Crippen molar-refractivity contribution in [1.29, 1.82) is 0 Å². The Balaban J connectivity index is 1.62. The van der Waals surface area contributed by atoms with Gasteiger partial charge in [-0.2, -0.15) is 0 Å². The third-order valence-electron chi connectivity index (χ3n) is 4.27. The van der Waals surface area contributed by atoms with E-state index in [9.17, 15) is 9.90 Å². The Morgan fingerprint density at radius 1 is 1.15 bits per heavy atom. The molecule has 0 amide bonds. The second-order valence-electron chi connectivity index (χ2n) is 7.69. The van der Waals surface area contributed by atoms with Gasteiger partial charge < -0.3 is 20.1 Å². The molecule has 1 atom stereocenters. The third-order valence-corrected chi connectivity index (χ3v) is 4.27. The Kier molecular flexibility index (Phi) is 5.63. The summed E-state index contributed by atoms with van der Waals surface area (Å²) in [6, 6.07) is 14.6. The fraction of sp³-hybridized carbons (Fsp3) is 0.318. The van der Waals surface area contributed by atoms with Gasteiger partial charge in [0.1, 0.15) is 18.5 Å². The smallest absolute Gasteiger partial charge is 0.193 e. The SMILES string of the molecule is CC(C)(C)NCC(O)COc1ccc(C(=O)c2cccc3[nH]ccc23)cc1. The Hall–Kier alpha value is -2.63. The molecule has 0 aliphatic heterocycles. The lowest BCUT2D eigenvalue weighted by Crippen LogP contribution is -2.42. The molecule has 3 N–H and O–H groups in total. The first-order valence-electron chi connectivity index (χ1n) is 9.10. The summed E-state index contributed by atoms with van der Waals surface area (Å²) in [5.74, 6) is 0.599. The first-order chi connectivity index (χ1) is 12.8. The zero-order valence-corrected chi connectivity index (χ0v) is 16.0. The van der Waals surface area contributed by atoms with Gasteiger partial charge in [-0.1, -0.05) is 12.1 Å². The second kappa shape index (κ2) is 7.94. The van der Waals surface area contributed by atoms with Gasteiger partial charge in [-0.05, 0) is 57.2 Å². The van der Waals surface area contributed by atoms with Gasteiger partial charge in [0.25, 0.3) is 0 Å². The highest BCUT2D eigenvalue weighted by Crippen LogP contribution is 2.22. The number of aromatic nitrogens is 1. The molecule has 3 aromatic rings. The molecule has 0 aliphatic rings. The number of hydrogen-bond donors (Lipinski definition) is 3. The fourth-order valence-electron chi connectivity index (χ4n) is 2.82. The van der Waals surface area contributed by atoms with Gasteiger partial charge in [0, 0.05) is 40.3 Å². The highest BCUT2D eigenvalue weighted by Gasteiger charge is 2.14. The molecule has 142 valence electrons. The minimum Gasteiger partial charge on any atom is -0.491 e. The topological polar surface area (TPSA) is 74.3 Å². The van der Waals surface area contributed by atoms with Crippen LogP contribution in [-0.2, 0) is 0 Å². The van der Waals surface area contributed by atoms with Crippen LogP contribution in [0.2, 0.25) is 0 Å². The summed E-state index contributed by atoms with van der Waals surface area (Å²) in [5.41, 5.74) is 2.17. The average Bonchev–Trinajstić information content (AvgIpc) is 3.13. The maximum atomic E-state index is 12.8. The molecule has 0 saturated heterocycles. The summed E-state index contributed by atoms with van der Waals surface area (Å²) >= 11 is 0. The molecule has 5 nitrogen and oxygen atoms in total. The van der Waals surface area contributed by atoms with Crippen molar-refractivity contribution in [1.82, 2.24) is 10.3 Å². The van der Waals surface area contributed by atoms with Gasteiger partial charge in [-0.3, -0.25) is 4.79 Å². The first-order valence-corrected chi connectivity index (χ1v) is 9.10. The number of aromatic amines is 1. The normalized spacial score (nSPS) is 12.9. The number of nitrogens with one attached hydrogen (secondary N) is 2. The number of carbonyl (C=O) groups excluding carboxylic acids is 1. The summed E-state index contributed by atoms with van der Waals surface area (Å²) in [7, 11) is 0. The Morgan fingerprint density at radius 2 is 1.89 bits per heavy atom. The van der Waals surface area contributed by atoms with Crippen LogP contribution < -0.4 is 10.1 Å². The number of ether oxygens (including phenoxy) is 1. The van der Waals surface area contributed by atoms with Crippen molar-refractivity contribution in [3.63, 3.8) is 0 Å². The lowest BCUT2D eigenvalue weighted by molar-refractivity contribution is 0.0998. The lowest BCUT2D eigenvalue weighted by atomic mass is 10.00. The number of β-amino-alcohol motifs (C(OH)–C–C–N with tert-alkyl or cyclic N) is 1. The standard InChI is InChI=1S/C22H26N2O3/c1-22(2,3)24-13-16(25)14-27-17-9-7-15(8-10-17)21(26)19-5-4-6-20-18(19)11-12-23-20/h4-12,16,23-25H,13-14H2,1-3H3. The molecule has 2 aromatic carbocycles. The second-order valence-corrected chi connectivity index (χ2v) is 7.69. The molecule has 3 rings (SSSR count). The van der Waals surface area contributed by atoms with E-state index in [0.29, 0.717) is 23.4 Å². The molecule has 27 heavy (non-hydrogen) atoms. The van der Waals surface area contributed by atoms with Crippen molar-refractivity contribution in [3.8, 4) is 5.75 Å². The van der Waals surface area contributed by atoms with Crippen LogP contribution in [0.3, 0.4) is 0 Å². The zero-order chi connectivity index (χ0) is 19.4. The number of ketones is 1. The Morgan fingerprint density at radius 3 is 2.59 bits per heavy atom. The maximum absolute atomic E-state index is 12.8. The predicted octanol–water partition coefficient (Wildman–Crippen LogP) is 3.53. The van der Waals surface area contributed by atoms with E-state index in [-0.39, 0.29) is 17.9 Å². The van der Waals surface area contributed by atoms with Crippen molar-refractivity contribution < 1.29 is 14.6 Å². The number of aliphatic hydroxyl groups excluding tert-OH is 1. The number of aliphatic hydroxyl groups is 1. The van der Waals surface area contributed by atoms with Gasteiger partial charge >= 0.3 is 0 Å². The van der Waals surface area contributed by atoms with Crippen molar-refractivity contribution >= 4 is 16.7 Å². The molecule has 0 saturated carbocycles. The number of rotatable bonds is 7. The predicted molar refractivity (Wildman–Crippen MR) is 107 cm³/mol. The molecule has 0 aliphatic carbocycles. The molecule has 5 heteroatoms. The van der Waals surface area contributed by atoms with Gasteiger partial charge in [0.2, 0.25) is 0 Å². The molecule has 0 bridgehead atoms. The fourth-order valence-corrected chi connectivity index (χ4v) is 2.82. The van der Waals surface area contributed by atoms with Crippen LogP contribution in [0.5, 0.6) is 5.75 Å². The zero-order valence-electron chi connectivity index (χ0n) is 16.0. The molecule has 1 unspecified atom stereocenters. The van der Waals surface area contributed by atoms with Crippen LogP contribution in [0.25, 0.3) is 10.9 Å². The lowest BCUT2D eigenvalue weighted by Gasteiger charge is -2.23. The largest absolute Gasteiger partial charge is 0.491 e. The van der Waals surface area contributed by atoms with E-state index in [0.717, 1.165) is 10.9 Å². The summed E-state index contributed by atoms with van der Waals surface area (Å²) in [6.07, 6.45) is 1.23. The molecule has 0 spiro atoms. The van der Waals surface area contributed by atoms with E-state index in [1.165, 1.54) is 0 Å². The third kappa shape index (κ3) is 4.96. The van der Waals surface area contributed by atoms with Gasteiger partial charge in [0.15, 0.2) is 5.78 Å². The van der Waals surface area contributed by atoms with E-state index in [2.05, 4.69) is 10.3 Å². The summed E-state index contributed by atoms with van der Waals surface area (Å²) < 4.78 is 5.62. The molecular formula is C22H26N2O3. The summed E-state index contributed by atoms with van der Waals surface area (Å²) in [6.45, 7) is 6.79. The molecule has 1 aromatic heterocycles. The number of H-pyrrole nitrogens is 1. The molecule has 0 fully saturated rings. The first kappa shape index (κ1) is 19.1. The maximum Gasteiger partial charge on any atom is 0.193 e. The Bertz CT molecular complexity index is 907.